The maximum Gasteiger partial charge on any atom is 0.128 e. The molecule has 3 aromatic heterocycles. The molecule has 0 saturated carbocycles. The molecule has 0 aliphatic carbocycles. The Balaban J connectivity index is 1.51. The molecular formula is C21H23N5. The first-order valence-corrected chi connectivity index (χ1v) is 9.07. The molecule has 4 heterocycles. The van der Waals surface area contributed by atoms with Gasteiger partial charge in [-0.15, -0.1) is 0 Å². The molecule has 132 valence electrons. The Hall–Kier alpha value is -2.95. The lowest BCUT2D eigenvalue weighted by Crippen LogP contribution is -2.36. The highest BCUT2D eigenvalue weighted by atomic mass is 15.2. The third kappa shape index (κ3) is 3.52. The van der Waals surface area contributed by atoms with Gasteiger partial charge in [-0.2, -0.15) is 0 Å². The number of rotatable bonds is 5. The molecule has 1 fully saturated rings. The number of hydrogen-bond donors (Lipinski definition) is 0. The smallest absolute Gasteiger partial charge is 0.128 e. The molecule has 5 nitrogen and oxygen atoms in total. The van der Waals surface area contributed by atoms with Crippen molar-refractivity contribution >= 4 is 11.9 Å². The van der Waals surface area contributed by atoms with E-state index < -0.39 is 0 Å². The van der Waals surface area contributed by atoms with Gasteiger partial charge in [0.05, 0.1) is 6.54 Å². The summed E-state index contributed by atoms with van der Waals surface area (Å²) in [6, 6.07) is 8.24. The predicted octanol–water partition coefficient (Wildman–Crippen LogP) is 3.75. The summed E-state index contributed by atoms with van der Waals surface area (Å²) < 4.78 is 2.25. The maximum atomic E-state index is 4.67. The molecule has 1 atom stereocenters. The SMILES string of the molecule is C=Cc1ccc(N2CCCC(c3nccn3Cc3cccnc3)C2)nc1. The van der Waals surface area contributed by atoms with Crippen LogP contribution in [-0.2, 0) is 6.54 Å². The van der Waals surface area contributed by atoms with Crippen LogP contribution in [0.2, 0.25) is 0 Å². The number of anilines is 1. The minimum Gasteiger partial charge on any atom is -0.356 e. The zero-order valence-corrected chi connectivity index (χ0v) is 14.8. The van der Waals surface area contributed by atoms with Crippen molar-refractivity contribution in [3.8, 4) is 0 Å². The molecule has 0 radical (unpaired) electrons. The summed E-state index contributed by atoms with van der Waals surface area (Å²) in [6.45, 7) is 6.60. The van der Waals surface area contributed by atoms with Gasteiger partial charge in [0.2, 0.25) is 0 Å². The molecule has 5 heteroatoms. The first-order valence-electron chi connectivity index (χ1n) is 9.07. The Labute approximate surface area is 154 Å². The molecule has 4 rings (SSSR count). The van der Waals surface area contributed by atoms with Crippen LogP contribution >= 0.6 is 0 Å². The maximum absolute atomic E-state index is 4.67. The lowest BCUT2D eigenvalue weighted by Gasteiger charge is -2.33. The van der Waals surface area contributed by atoms with E-state index in [0.29, 0.717) is 5.92 Å². The summed E-state index contributed by atoms with van der Waals surface area (Å²) in [5.74, 6) is 2.60. The summed E-state index contributed by atoms with van der Waals surface area (Å²) in [5, 5.41) is 0. The lowest BCUT2D eigenvalue weighted by molar-refractivity contribution is 0.474. The number of hydrogen-bond acceptors (Lipinski definition) is 4. The van der Waals surface area contributed by atoms with E-state index in [9.17, 15) is 0 Å². The molecule has 26 heavy (non-hydrogen) atoms. The van der Waals surface area contributed by atoms with Gasteiger partial charge in [0.1, 0.15) is 11.6 Å². The fourth-order valence-electron chi connectivity index (χ4n) is 3.60. The van der Waals surface area contributed by atoms with Gasteiger partial charge >= 0.3 is 0 Å². The second-order valence-electron chi connectivity index (χ2n) is 6.71. The Morgan fingerprint density at radius 1 is 1.15 bits per heavy atom. The lowest BCUT2D eigenvalue weighted by atomic mass is 9.97. The van der Waals surface area contributed by atoms with Crippen LogP contribution in [0.1, 0.15) is 35.7 Å². The number of aromatic nitrogens is 4. The van der Waals surface area contributed by atoms with Crippen molar-refractivity contribution in [1.29, 1.82) is 0 Å². The first-order chi connectivity index (χ1) is 12.8. The van der Waals surface area contributed by atoms with E-state index in [0.717, 1.165) is 49.7 Å². The van der Waals surface area contributed by atoms with Crippen molar-refractivity contribution in [1.82, 2.24) is 19.5 Å². The van der Waals surface area contributed by atoms with E-state index in [1.54, 1.807) is 0 Å². The van der Waals surface area contributed by atoms with Crippen LogP contribution in [0.5, 0.6) is 0 Å². The van der Waals surface area contributed by atoms with Crippen LogP contribution in [0, 0.1) is 0 Å². The van der Waals surface area contributed by atoms with E-state index >= 15 is 0 Å². The molecule has 0 amide bonds. The second kappa shape index (κ2) is 7.52. The largest absolute Gasteiger partial charge is 0.356 e. The molecular weight excluding hydrogens is 322 g/mol. The minimum absolute atomic E-state index is 0.413. The van der Waals surface area contributed by atoms with E-state index in [1.807, 2.05) is 36.9 Å². The summed E-state index contributed by atoms with van der Waals surface area (Å²) in [5.41, 5.74) is 2.25. The summed E-state index contributed by atoms with van der Waals surface area (Å²) >= 11 is 0. The summed E-state index contributed by atoms with van der Waals surface area (Å²) in [4.78, 5) is 15.9. The van der Waals surface area contributed by atoms with Crippen LogP contribution in [0.15, 0.2) is 61.8 Å². The minimum atomic E-state index is 0.413. The van der Waals surface area contributed by atoms with Gasteiger partial charge in [-0.25, -0.2) is 9.97 Å². The average molecular weight is 345 g/mol. The Kier molecular flexibility index (Phi) is 4.78. The van der Waals surface area contributed by atoms with Crippen molar-refractivity contribution in [2.45, 2.75) is 25.3 Å². The van der Waals surface area contributed by atoms with Crippen LogP contribution in [0.3, 0.4) is 0 Å². The number of pyridine rings is 2. The molecule has 1 aliphatic heterocycles. The van der Waals surface area contributed by atoms with Crippen LogP contribution in [0.4, 0.5) is 5.82 Å². The fourth-order valence-corrected chi connectivity index (χ4v) is 3.60. The van der Waals surface area contributed by atoms with Gasteiger partial charge in [0.15, 0.2) is 0 Å². The van der Waals surface area contributed by atoms with Gasteiger partial charge in [0, 0.05) is 50.0 Å². The summed E-state index contributed by atoms with van der Waals surface area (Å²) in [7, 11) is 0. The van der Waals surface area contributed by atoms with Gasteiger partial charge in [-0.3, -0.25) is 4.98 Å². The van der Waals surface area contributed by atoms with Gasteiger partial charge < -0.3 is 9.47 Å². The van der Waals surface area contributed by atoms with Gasteiger partial charge in [-0.1, -0.05) is 18.7 Å². The zero-order chi connectivity index (χ0) is 17.8. The number of nitrogens with zero attached hydrogens (tertiary/aromatic N) is 5. The quantitative estimate of drug-likeness (QED) is 0.706. The van der Waals surface area contributed by atoms with Gasteiger partial charge in [-0.05, 0) is 42.2 Å². The van der Waals surface area contributed by atoms with E-state index in [1.165, 1.54) is 5.56 Å². The fraction of sp³-hybridized carbons (Fsp3) is 0.286. The van der Waals surface area contributed by atoms with Crippen molar-refractivity contribution < 1.29 is 0 Å². The molecule has 1 saturated heterocycles. The topological polar surface area (TPSA) is 46.8 Å². The van der Waals surface area contributed by atoms with Crippen LogP contribution < -0.4 is 4.90 Å². The standard InChI is InChI=1S/C21H23N5/c1-2-17-7-8-20(24-14-17)25-11-4-6-19(16-25)21-23-10-12-26(21)15-18-5-3-9-22-13-18/h2-3,5,7-10,12-14,19H,1,4,6,11,15-16H2. The average Bonchev–Trinajstić information content (AvgIpc) is 3.17. The third-order valence-electron chi connectivity index (χ3n) is 4.94. The van der Waals surface area contributed by atoms with Crippen molar-refractivity contribution in [3.05, 3.63) is 78.8 Å². The molecule has 1 unspecified atom stereocenters. The van der Waals surface area contributed by atoms with Crippen molar-refractivity contribution in [2.75, 3.05) is 18.0 Å². The van der Waals surface area contributed by atoms with Crippen molar-refractivity contribution in [2.24, 2.45) is 0 Å². The molecule has 1 aliphatic rings. The summed E-state index contributed by atoms with van der Waals surface area (Å²) in [6.07, 6.45) is 13.7. The molecule has 0 spiro atoms. The second-order valence-corrected chi connectivity index (χ2v) is 6.71. The Bertz CT molecular complexity index is 854. The predicted molar refractivity (Wildman–Crippen MR) is 104 cm³/mol. The highest BCUT2D eigenvalue weighted by Crippen LogP contribution is 2.28. The van der Waals surface area contributed by atoms with E-state index in [2.05, 4.69) is 55.4 Å². The number of piperidine rings is 1. The molecule has 0 aromatic carbocycles. The Morgan fingerprint density at radius 2 is 2.12 bits per heavy atom. The van der Waals surface area contributed by atoms with Crippen LogP contribution in [-0.4, -0.2) is 32.6 Å². The van der Waals surface area contributed by atoms with Gasteiger partial charge in [0.25, 0.3) is 0 Å². The van der Waals surface area contributed by atoms with E-state index in [4.69, 9.17) is 0 Å². The highest BCUT2D eigenvalue weighted by molar-refractivity contribution is 5.50. The monoisotopic (exact) mass is 345 g/mol. The van der Waals surface area contributed by atoms with E-state index in [-0.39, 0.29) is 0 Å². The number of imidazole rings is 1. The molecule has 0 N–H and O–H groups in total. The zero-order valence-electron chi connectivity index (χ0n) is 14.8. The normalized spacial score (nSPS) is 17.2. The van der Waals surface area contributed by atoms with Crippen LogP contribution in [0.25, 0.3) is 6.08 Å². The molecule has 3 aromatic rings. The van der Waals surface area contributed by atoms with Crippen molar-refractivity contribution in [3.63, 3.8) is 0 Å². The third-order valence-corrected chi connectivity index (χ3v) is 4.94. The Morgan fingerprint density at radius 3 is 2.88 bits per heavy atom. The molecule has 0 bridgehead atoms. The highest BCUT2D eigenvalue weighted by Gasteiger charge is 2.25. The first kappa shape index (κ1) is 16.5.